The molecule has 0 saturated carbocycles. The minimum absolute atomic E-state index is 0.0225. The first kappa shape index (κ1) is 24.0. The summed E-state index contributed by atoms with van der Waals surface area (Å²) in [5.41, 5.74) is 1.30. The van der Waals surface area contributed by atoms with Gasteiger partial charge in [0.05, 0.1) is 29.5 Å². The Bertz CT molecular complexity index is 1230. The van der Waals surface area contributed by atoms with Crippen molar-refractivity contribution in [3.05, 3.63) is 75.3 Å². The molecule has 2 aromatic carbocycles. The second kappa shape index (κ2) is 9.60. The van der Waals surface area contributed by atoms with Gasteiger partial charge in [0.1, 0.15) is 12.3 Å². The Kier molecular flexibility index (Phi) is 6.77. The fourth-order valence-corrected chi connectivity index (χ4v) is 4.81. The number of rotatable bonds is 6. The van der Waals surface area contributed by atoms with E-state index in [-0.39, 0.29) is 16.1 Å². The van der Waals surface area contributed by atoms with E-state index in [1.165, 1.54) is 31.4 Å². The number of Topliss-reactive ketones (excluding diaryl/α,β-unsaturated/α-hetero) is 1. The van der Waals surface area contributed by atoms with E-state index in [1.54, 1.807) is 18.2 Å². The molecule has 0 N–H and O–H groups in total. The number of amides is 3. The molecule has 2 atom stereocenters. The third kappa shape index (κ3) is 4.45. The van der Waals surface area contributed by atoms with E-state index in [0.717, 1.165) is 15.6 Å². The molecule has 1 aliphatic heterocycles. The van der Waals surface area contributed by atoms with Gasteiger partial charge in [-0.05, 0) is 50.1 Å². The highest BCUT2D eigenvalue weighted by Crippen LogP contribution is 2.39. The zero-order chi connectivity index (χ0) is 24.6. The Hall–Kier alpha value is -3.16. The summed E-state index contributed by atoms with van der Waals surface area (Å²) in [4.78, 5) is 53.4. The maximum absolute atomic E-state index is 13.6. The first-order chi connectivity index (χ1) is 16.2. The van der Waals surface area contributed by atoms with Crippen LogP contribution in [0.2, 0.25) is 10.0 Å². The first-order valence-corrected chi connectivity index (χ1v) is 11.4. The molecule has 0 spiro atoms. The normalized spacial score (nSPS) is 19.5. The van der Waals surface area contributed by atoms with Gasteiger partial charge in [-0.15, -0.1) is 0 Å². The van der Waals surface area contributed by atoms with Crippen LogP contribution >= 0.6 is 23.2 Å². The van der Waals surface area contributed by atoms with Crippen molar-refractivity contribution in [2.75, 3.05) is 13.7 Å². The van der Waals surface area contributed by atoms with E-state index < -0.39 is 41.9 Å². The molecule has 7 nitrogen and oxygen atoms in total. The highest BCUT2D eigenvalue weighted by molar-refractivity contribution is 6.36. The number of fused-ring (bicyclic) bond motifs is 1. The topological polar surface area (TPSA) is 84.0 Å². The Labute approximate surface area is 206 Å². The monoisotopic (exact) mass is 500 g/mol. The van der Waals surface area contributed by atoms with Gasteiger partial charge in [0.15, 0.2) is 5.78 Å². The van der Waals surface area contributed by atoms with Gasteiger partial charge < -0.3 is 4.74 Å². The molecule has 34 heavy (non-hydrogen) atoms. The summed E-state index contributed by atoms with van der Waals surface area (Å²) in [6, 6.07) is 10.7. The van der Waals surface area contributed by atoms with Crippen molar-refractivity contribution in [3.8, 4) is 5.75 Å². The van der Waals surface area contributed by atoms with Gasteiger partial charge >= 0.3 is 0 Å². The SMILES string of the molecule is COc1cccc(C(=O)CN(C(=O)c2ccc(Cl)cc2Cl)N2C(=O)[C@H]3CC=C(C)C[C@@H]3C2=O)c1. The third-order valence-corrected chi connectivity index (χ3v) is 6.67. The molecular weight excluding hydrogens is 479 g/mol. The molecule has 0 aromatic heterocycles. The van der Waals surface area contributed by atoms with Crippen LogP contribution in [-0.2, 0) is 9.59 Å². The number of carbonyl (C=O) groups excluding carboxylic acids is 4. The summed E-state index contributed by atoms with van der Waals surface area (Å²) >= 11 is 12.2. The second-order valence-corrected chi connectivity index (χ2v) is 9.18. The number of nitrogens with zero attached hydrogens (tertiary/aromatic N) is 2. The number of carbonyl (C=O) groups is 4. The molecule has 1 heterocycles. The zero-order valence-corrected chi connectivity index (χ0v) is 20.1. The fraction of sp³-hybridized carbons (Fsp3) is 0.280. The largest absolute Gasteiger partial charge is 0.497 e. The number of hydrogen-bond donors (Lipinski definition) is 0. The van der Waals surface area contributed by atoms with E-state index in [0.29, 0.717) is 23.6 Å². The van der Waals surface area contributed by atoms with Crippen molar-refractivity contribution >= 4 is 46.7 Å². The van der Waals surface area contributed by atoms with E-state index in [1.807, 2.05) is 13.0 Å². The van der Waals surface area contributed by atoms with Gasteiger partial charge in [0.25, 0.3) is 17.7 Å². The van der Waals surface area contributed by atoms with E-state index >= 15 is 0 Å². The van der Waals surface area contributed by atoms with E-state index in [2.05, 4.69) is 0 Å². The van der Waals surface area contributed by atoms with Crippen molar-refractivity contribution in [2.24, 2.45) is 11.8 Å². The molecule has 0 bridgehead atoms. The molecule has 176 valence electrons. The lowest BCUT2D eigenvalue weighted by molar-refractivity contribution is -0.154. The fourth-order valence-electron chi connectivity index (χ4n) is 4.32. The quantitative estimate of drug-likeness (QED) is 0.329. The Morgan fingerprint density at radius 2 is 1.82 bits per heavy atom. The summed E-state index contributed by atoms with van der Waals surface area (Å²) in [5, 5.41) is 2.09. The van der Waals surface area contributed by atoms with Crippen molar-refractivity contribution in [1.29, 1.82) is 0 Å². The molecule has 2 aliphatic rings. The molecule has 4 rings (SSSR count). The summed E-state index contributed by atoms with van der Waals surface area (Å²) in [6.07, 6.45) is 2.77. The van der Waals surface area contributed by atoms with E-state index in [9.17, 15) is 19.2 Å². The number of ketones is 1. The predicted molar refractivity (Wildman–Crippen MR) is 127 cm³/mol. The number of hydrazine groups is 1. The minimum Gasteiger partial charge on any atom is -0.497 e. The number of allylic oxidation sites excluding steroid dienone is 2. The Balaban J connectivity index is 1.72. The summed E-state index contributed by atoms with van der Waals surface area (Å²) in [6.45, 7) is 1.37. The summed E-state index contributed by atoms with van der Waals surface area (Å²) in [7, 11) is 1.47. The van der Waals surface area contributed by atoms with Crippen LogP contribution in [0.25, 0.3) is 0 Å². The van der Waals surface area contributed by atoms with Gasteiger partial charge in [-0.2, -0.15) is 5.01 Å². The summed E-state index contributed by atoms with van der Waals surface area (Å²) in [5.74, 6) is -2.90. The zero-order valence-electron chi connectivity index (χ0n) is 18.6. The molecule has 3 amide bonds. The lowest BCUT2D eigenvalue weighted by Crippen LogP contribution is -2.52. The van der Waals surface area contributed by atoms with Crippen LogP contribution in [0, 0.1) is 11.8 Å². The highest BCUT2D eigenvalue weighted by atomic mass is 35.5. The van der Waals surface area contributed by atoms with Crippen molar-refractivity contribution in [3.63, 3.8) is 0 Å². The lowest BCUT2D eigenvalue weighted by Gasteiger charge is -2.30. The van der Waals surface area contributed by atoms with Crippen LogP contribution in [-0.4, -0.2) is 47.2 Å². The van der Waals surface area contributed by atoms with Gasteiger partial charge in [-0.3, -0.25) is 19.2 Å². The Morgan fingerprint density at radius 1 is 1.09 bits per heavy atom. The number of benzene rings is 2. The van der Waals surface area contributed by atoms with Crippen LogP contribution < -0.4 is 4.74 Å². The first-order valence-electron chi connectivity index (χ1n) is 10.7. The third-order valence-electron chi connectivity index (χ3n) is 6.12. The maximum atomic E-state index is 13.6. The van der Waals surface area contributed by atoms with Gasteiger partial charge in [-0.25, -0.2) is 5.01 Å². The van der Waals surface area contributed by atoms with Crippen LogP contribution in [0.5, 0.6) is 5.75 Å². The van der Waals surface area contributed by atoms with Crippen LogP contribution in [0.4, 0.5) is 0 Å². The number of imide groups is 1. The molecule has 9 heteroatoms. The van der Waals surface area contributed by atoms with Crippen molar-refractivity contribution < 1.29 is 23.9 Å². The predicted octanol–water partition coefficient (Wildman–Crippen LogP) is 4.58. The number of methoxy groups -OCH3 is 1. The van der Waals surface area contributed by atoms with Gasteiger partial charge in [0, 0.05) is 10.6 Å². The number of ether oxygens (including phenoxy) is 1. The molecule has 1 fully saturated rings. The van der Waals surface area contributed by atoms with Gasteiger partial charge in [0.2, 0.25) is 0 Å². The standard InChI is InChI=1S/C25H22Cl2N2O5/c1-14-6-8-18-20(10-14)25(33)29(24(18)32)28(23(31)19-9-7-16(26)12-21(19)27)13-22(30)15-4-3-5-17(11-15)34-2/h3-7,9,11-12,18,20H,8,10,13H2,1-2H3/t18-,20-/m0/s1. The molecule has 1 aliphatic carbocycles. The Morgan fingerprint density at radius 3 is 2.53 bits per heavy atom. The number of halogens is 2. The van der Waals surface area contributed by atoms with Gasteiger partial charge in [-0.1, -0.05) is 47.0 Å². The van der Waals surface area contributed by atoms with Crippen molar-refractivity contribution in [2.45, 2.75) is 19.8 Å². The number of hydrogen-bond acceptors (Lipinski definition) is 5. The minimum atomic E-state index is -0.747. The maximum Gasteiger partial charge on any atom is 0.274 e. The second-order valence-electron chi connectivity index (χ2n) is 8.33. The molecule has 1 saturated heterocycles. The van der Waals surface area contributed by atoms with Crippen LogP contribution in [0.15, 0.2) is 54.1 Å². The van der Waals surface area contributed by atoms with Crippen molar-refractivity contribution in [1.82, 2.24) is 10.0 Å². The average molecular weight is 501 g/mol. The van der Waals surface area contributed by atoms with E-state index in [4.69, 9.17) is 27.9 Å². The smallest absolute Gasteiger partial charge is 0.274 e. The molecule has 0 unspecified atom stereocenters. The lowest BCUT2D eigenvalue weighted by atomic mass is 9.82. The highest BCUT2D eigenvalue weighted by Gasteiger charge is 2.51. The molecule has 0 radical (unpaired) electrons. The van der Waals surface area contributed by atoms with Crippen LogP contribution in [0.1, 0.15) is 40.5 Å². The van der Waals surface area contributed by atoms with Crippen LogP contribution in [0.3, 0.4) is 0 Å². The molecular formula is C25H22Cl2N2O5. The average Bonchev–Trinajstić information content (AvgIpc) is 3.06. The molecule has 2 aromatic rings. The summed E-state index contributed by atoms with van der Waals surface area (Å²) < 4.78 is 5.17.